The molecule has 0 aromatic rings. The van der Waals surface area contributed by atoms with Gasteiger partial charge in [0, 0.05) is 6.54 Å². The van der Waals surface area contributed by atoms with Crippen molar-refractivity contribution in [3.05, 3.63) is 0 Å². The summed E-state index contributed by atoms with van der Waals surface area (Å²) < 4.78 is 4.43. The number of thioether (sulfide) groups is 1. The van der Waals surface area contributed by atoms with Crippen molar-refractivity contribution in [2.24, 2.45) is 0 Å². The first kappa shape index (κ1) is 12.5. The maximum atomic E-state index is 11.6. The molecule has 6 nitrogen and oxygen atoms in total. The zero-order chi connectivity index (χ0) is 12.1. The van der Waals surface area contributed by atoms with E-state index in [-0.39, 0.29) is 19.4 Å². The number of rotatable bonds is 4. The Balaban J connectivity index is 2.60. The lowest BCUT2D eigenvalue weighted by Crippen LogP contribution is -2.33. The summed E-state index contributed by atoms with van der Waals surface area (Å²) in [5.41, 5.74) is 0. The average Bonchev–Trinajstić information content (AvgIpc) is 2.52. The van der Waals surface area contributed by atoms with Gasteiger partial charge in [0.15, 0.2) is 0 Å². The maximum absolute atomic E-state index is 11.6. The number of nitrogens with zero attached hydrogens (tertiary/aromatic N) is 2. The lowest BCUT2D eigenvalue weighted by atomic mass is 10.2. The molecule has 0 bridgehead atoms. The highest BCUT2D eigenvalue weighted by Crippen LogP contribution is 2.29. The van der Waals surface area contributed by atoms with Gasteiger partial charge in [0.05, 0.1) is 26.0 Å². The maximum Gasteiger partial charge on any atom is 0.307 e. The summed E-state index contributed by atoms with van der Waals surface area (Å²) in [6.45, 7) is 0.0822. The molecule has 1 aliphatic heterocycles. The predicted octanol–water partition coefficient (Wildman–Crippen LogP) is 0.527. The van der Waals surface area contributed by atoms with Crippen LogP contribution >= 0.6 is 11.8 Å². The number of carbonyl (C=O) groups excluding carboxylic acids is 3. The summed E-state index contributed by atoms with van der Waals surface area (Å²) in [7, 11) is 1.22. The second kappa shape index (κ2) is 5.51. The SMILES string of the molecule is COC(=O)C[C@@H]1SC(=O)N(CCC#N)C1=O. The molecule has 1 atom stereocenters. The van der Waals surface area contributed by atoms with Crippen molar-refractivity contribution in [3.8, 4) is 6.07 Å². The Morgan fingerprint density at radius 3 is 2.88 bits per heavy atom. The number of hydrogen-bond acceptors (Lipinski definition) is 6. The van der Waals surface area contributed by atoms with E-state index < -0.39 is 22.4 Å². The number of esters is 1. The van der Waals surface area contributed by atoms with Gasteiger partial charge in [0.1, 0.15) is 5.25 Å². The number of amides is 2. The highest BCUT2D eigenvalue weighted by atomic mass is 32.2. The van der Waals surface area contributed by atoms with E-state index in [1.54, 1.807) is 0 Å². The fourth-order valence-electron chi connectivity index (χ4n) is 1.23. The minimum atomic E-state index is -0.710. The van der Waals surface area contributed by atoms with E-state index in [1.807, 2.05) is 6.07 Å². The van der Waals surface area contributed by atoms with Gasteiger partial charge in [0.2, 0.25) is 5.91 Å². The normalized spacial score (nSPS) is 19.8. The van der Waals surface area contributed by atoms with Crippen molar-refractivity contribution in [3.63, 3.8) is 0 Å². The quantitative estimate of drug-likeness (QED) is 0.668. The first-order valence-corrected chi connectivity index (χ1v) is 5.44. The monoisotopic (exact) mass is 242 g/mol. The van der Waals surface area contributed by atoms with E-state index in [9.17, 15) is 14.4 Å². The van der Waals surface area contributed by atoms with Gasteiger partial charge < -0.3 is 4.74 Å². The molecule has 0 aromatic heterocycles. The van der Waals surface area contributed by atoms with Crippen LogP contribution in [0.3, 0.4) is 0 Å². The van der Waals surface area contributed by atoms with Gasteiger partial charge in [-0.2, -0.15) is 5.26 Å². The van der Waals surface area contributed by atoms with Crippen molar-refractivity contribution >= 4 is 28.9 Å². The first-order valence-electron chi connectivity index (χ1n) is 4.56. The van der Waals surface area contributed by atoms with Crippen molar-refractivity contribution in [1.29, 1.82) is 5.26 Å². The summed E-state index contributed by atoms with van der Waals surface area (Å²) in [4.78, 5) is 35.0. The molecule has 1 saturated heterocycles. The van der Waals surface area contributed by atoms with E-state index >= 15 is 0 Å². The van der Waals surface area contributed by atoms with Gasteiger partial charge in [-0.1, -0.05) is 11.8 Å². The smallest absolute Gasteiger partial charge is 0.307 e. The van der Waals surface area contributed by atoms with Crippen LogP contribution in [0, 0.1) is 11.3 Å². The molecule has 0 spiro atoms. The van der Waals surface area contributed by atoms with E-state index in [1.165, 1.54) is 7.11 Å². The van der Waals surface area contributed by atoms with Gasteiger partial charge in [-0.3, -0.25) is 19.3 Å². The highest BCUT2D eigenvalue weighted by molar-refractivity contribution is 8.15. The Bertz CT molecular complexity index is 363. The second-order valence-electron chi connectivity index (χ2n) is 3.05. The molecule has 0 saturated carbocycles. The van der Waals surface area contributed by atoms with Gasteiger partial charge in [-0.25, -0.2) is 0 Å². The molecule has 7 heteroatoms. The topological polar surface area (TPSA) is 87.5 Å². The molecule has 1 aliphatic rings. The number of imide groups is 1. The van der Waals surface area contributed by atoms with Crippen LogP contribution in [0.15, 0.2) is 0 Å². The third-order valence-corrected chi connectivity index (χ3v) is 3.11. The van der Waals surface area contributed by atoms with Gasteiger partial charge in [-0.15, -0.1) is 0 Å². The molecule has 1 rings (SSSR count). The Kier molecular flexibility index (Phi) is 4.31. The van der Waals surface area contributed by atoms with E-state index in [0.29, 0.717) is 0 Å². The Labute approximate surface area is 96.5 Å². The van der Waals surface area contributed by atoms with Crippen molar-refractivity contribution in [1.82, 2.24) is 4.90 Å². The Morgan fingerprint density at radius 2 is 2.31 bits per heavy atom. The van der Waals surface area contributed by atoms with Crippen LogP contribution in [0.1, 0.15) is 12.8 Å². The molecule has 0 aromatic carbocycles. The van der Waals surface area contributed by atoms with Crippen LogP contribution in [0.25, 0.3) is 0 Å². The van der Waals surface area contributed by atoms with E-state index in [4.69, 9.17) is 5.26 Å². The predicted molar refractivity (Wildman–Crippen MR) is 55.4 cm³/mol. The third kappa shape index (κ3) is 2.73. The lowest BCUT2D eigenvalue weighted by Gasteiger charge is -2.10. The second-order valence-corrected chi connectivity index (χ2v) is 4.20. The van der Waals surface area contributed by atoms with E-state index in [2.05, 4.69) is 4.74 Å². The van der Waals surface area contributed by atoms with Crippen molar-refractivity contribution in [2.45, 2.75) is 18.1 Å². The summed E-state index contributed by atoms with van der Waals surface area (Å²) in [6.07, 6.45) is -0.0161. The fraction of sp³-hybridized carbons (Fsp3) is 0.556. The van der Waals surface area contributed by atoms with Crippen LogP contribution in [-0.4, -0.2) is 40.9 Å². The molecule has 86 valence electrons. The number of carbonyl (C=O) groups is 3. The molecular formula is C9H10N2O4S. The van der Waals surface area contributed by atoms with Crippen LogP contribution in [0.5, 0.6) is 0 Å². The van der Waals surface area contributed by atoms with E-state index in [0.717, 1.165) is 16.7 Å². The van der Waals surface area contributed by atoms with Gasteiger partial charge >= 0.3 is 5.97 Å². The summed E-state index contributed by atoms with van der Waals surface area (Å²) in [5, 5.41) is 7.25. The van der Waals surface area contributed by atoms with Crippen molar-refractivity contribution in [2.75, 3.05) is 13.7 Å². The van der Waals surface area contributed by atoms with Crippen LogP contribution in [0.2, 0.25) is 0 Å². The highest BCUT2D eigenvalue weighted by Gasteiger charge is 2.40. The summed E-state index contributed by atoms with van der Waals surface area (Å²) >= 11 is 0.803. The number of hydrogen-bond donors (Lipinski definition) is 0. The van der Waals surface area contributed by atoms with Crippen LogP contribution in [0.4, 0.5) is 4.79 Å². The minimum Gasteiger partial charge on any atom is -0.469 e. The molecule has 2 amide bonds. The molecule has 0 radical (unpaired) electrons. The lowest BCUT2D eigenvalue weighted by molar-refractivity contribution is -0.142. The minimum absolute atomic E-state index is 0.0822. The molecule has 0 unspecified atom stereocenters. The zero-order valence-corrected chi connectivity index (χ0v) is 9.45. The molecule has 16 heavy (non-hydrogen) atoms. The molecule has 0 N–H and O–H groups in total. The van der Waals surface area contributed by atoms with Crippen LogP contribution in [-0.2, 0) is 14.3 Å². The zero-order valence-electron chi connectivity index (χ0n) is 8.63. The molecule has 0 aliphatic carbocycles. The molecule has 1 heterocycles. The number of methoxy groups -OCH3 is 1. The first-order chi connectivity index (χ1) is 7.60. The largest absolute Gasteiger partial charge is 0.469 e. The number of ether oxygens (including phenoxy) is 1. The molecule has 1 fully saturated rings. The average molecular weight is 242 g/mol. The molecular weight excluding hydrogens is 232 g/mol. The van der Waals surface area contributed by atoms with Gasteiger partial charge in [-0.05, 0) is 0 Å². The standard InChI is InChI=1S/C9H10N2O4S/c1-15-7(12)5-6-8(13)11(4-2-3-10)9(14)16-6/h6H,2,4-5H2,1H3/t6-/m0/s1. The number of nitriles is 1. The van der Waals surface area contributed by atoms with Crippen molar-refractivity contribution < 1.29 is 19.1 Å². The van der Waals surface area contributed by atoms with Crippen LogP contribution < -0.4 is 0 Å². The Morgan fingerprint density at radius 1 is 1.62 bits per heavy atom. The summed E-state index contributed by atoms with van der Waals surface area (Å²) in [6, 6.07) is 1.86. The fourth-order valence-corrected chi connectivity index (χ4v) is 2.23. The van der Waals surface area contributed by atoms with Gasteiger partial charge in [0.25, 0.3) is 5.24 Å². The Hall–Kier alpha value is -1.55. The third-order valence-electron chi connectivity index (χ3n) is 2.03. The summed E-state index contributed by atoms with van der Waals surface area (Å²) in [5.74, 6) is -0.948.